The lowest BCUT2D eigenvalue weighted by Gasteiger charge is -2.23. The molecule has 0 saturated carbocycles. The van der Waals surface area contributed by atoms with Gasteiger partial charge in [0.2, 0.25) is 0 Å². The minimum atomic E-state index is -0.608. The topological polar surface area (TPSA) is 115 Å². The second-order valence-electron chi connectivity index (χ2n) is 9.83. The molecule has 1 amide bonds. The van der Waals surface area contributed by atoms with Crippen LogP contribution in [-0.2, 0) is 10.2 Å². The van der Waals surface area contributed by atoms with Crippen molar-refractivity contribution in [3.63, 3.8) is 0 Å². The third kappa shape index (κ3) is 8.40. The fourth-order valence-corrected chi connectivity index (χ4v) is 4.86. The molecular formula is C29H36N2O5S. The summed E-state index contributed by atoms with van der Waals surface area (Å²) in [6.07, 6.45) is 4.03. The summed E-state index contributed by atoms with van der Waals surface area (Å²) in [5.74, 6) is 0.555. The van der Waals surface area contributed by atoms with E-state index in [4.69, 9.17) is 14.9 Å². The minimum Gasteiger partial charge on any atom is -0.506 e. The van der Waals surface area contributed by atoms with Gasteiger partial charge in [0.15, 0.2) is 6.61 Å². The van der Waals surface area contributed by atoms with Crippen molar-refractivity contribution in [3.8, 4) is 22.8 Å². The van der Waals surface area contributed by atoms with Crippen LogP contribution in [0.4, 0.5) is 0 Å². The number of carbonyl (C=O) groups is 1. The van der Waals surface area contributed by atoms with Crippen LogP contribution in [0.15, 0.2) is 73.6 Å². The van der Waals surface area contributed by atoms with Gasteiger partial charge in [-0.2, -0.15) is 0 Å². The molecule has 7 nitrogen and oxygen atoms in total. The van der Waals surface area contributed by atoms with Gasteiger partial charge < -0.3 is 25.3 Å². The first-order valence-electron chi connectivity index (χ1n) is 12.5. The summed E-state index contributed by atoms with van der Waals surface area (Å²) in [6, 6.07) is 16.1. The number of nitrogens with one attached hydrogen (secondary N) is 1. The molecule has 2 aromatic carbocycles. The first-order valence-corrected chi connectivity index (χ1v) is 13.3. The van der Waals surface area contributed by atoms with Crippen LogP contribution in [0, 0.1) is 0 Å². The second kappa shape index (κ2) is 13.4. The number of nitrogens with two attached hydrogens (primary N) is 1. The molecule has 0 fully saturated rings. The largest absolute Gasteiger partial charge is 0.506 e. The zero-order chi connectivity index (χ0) is 26.8. The molecule has 0 atom stereocenters. The monoisotopic (exact) mass is 524 g/mol. The summed E-state index contributed by atoms with van der Waals surface area (Å²) in [6.45, 7) is 7.38. The smallest absolute Gasteiger partial charge is 0.354 e. The van der Waals surface area contributed by atoms with Crippen LogP contribution < -0.4 is 21.4 Å². The van der Waals surface area contributed by atoms with E-state index in [-0.39, 0.29) is 28.6 Å². The van der Waals surface area contributed by atoms with Crippen LogP contribution in [-0.4, -0.2) is 30.7 Å². The molecule has 4 N–H and O–H groups in total. The van der Waals surface area contributed by atoms with Gasteiger partial charge in [0.1, 0.15) is 22.2 Å². The number of carbonyl (C=O) groups excluding carboxylic acids is 1. The highest BCUT2D eigenvalue weighted by Gasteiger charge is 2.22. The van der Waals surface area contributed by atoms with E-state index in [0.29, 0.717) is 30.2 Å². The molecule has 198 valence electrons. The Kier molecular flexibility index (Phi) is 10.2. The molecule has 1 heterocycles. The van der Waals surface area contributed by atoms with E-state index >= 15 is 0 Å². The maximum Gasteiger partial charge on any atom is 0.354 e. The van der Waals surface area contributed by atoms with E-state index in [1.54, 1.807) is 6.07 Å². The van der Waals surface area contributed by atoms with Crippen molar-refractivity contribution in [2.24, 2.45) is 5.73 Å². The van der Waals surface area contributed by atoms with Gasteiger partial charge in [-0.3, -0.25) is 4.79 Å². The SMILES string of the molecule is CC(C)(C)c1cc(OCC(=O)NCCCCCCN)ccc1Sc1c(O)cc(-c2ccccc2)oc1=O. The number of ether oxygens (including phenoxy) is 1. The van der Waals surface area contributed by atoms with E-state index < -0.39 is 5.63 Å². The van der Waals surface area contributed by atoms with E-state index in [1.165, 1.54) is 6.07 Å². The van der Waals surface area contributed by atoms with Crippen LogP contribution in [0.2, 0.25) is 0 Å². The Labute approximate surface area is 222 Å². The number of hydrogen-bond donors (Lipinski definition) is 3. The molecule has 0 saturated heterocycles. The van der Waals surface area contributed by atoms with Gasteiger partial charge in [-0.05, 0) is 48.6 Å². The Morgan fingerprint density at radius 1 is 1.05 bits per heavy atom. The average molecular weight is 525 g/mol. The van der Waals surface area contributed by atoms with Crippen molar-refractivity contribution in [2.75, 3.05) is 19.7 Å². The molecule has 3 rings (SSSR count). The van der Waals surface area contributed by atoms with Crippen molar-refractivity contribution in [1.82, 2.24) is 5.32 Å². The van der Waals surface area contributed by atoms with E-state index in [2.05, 4.69) is 5.32 Å². The summed E-state index contributed by atoms with van der Waals surface area (Å²) >= 11 is 1.15. The molecule has 0 radical (unpaired) electrons. The first-order chi connectivity index (χ1) is 17.7. The van der Waals surface area contributed by atoms with Crippen molar-refractivity contribution in [2.45, 2.75) is 61.7 Å². The zero-order valence-electron chi connectivity index (χ0n) is 21.7. The van der Waals surface area contributed by atoms with Crippen molar-refractivity contribution in [3.05, 3.63) is 70.6 Å². The maximum absolute atomic E-state index is 12.8. The maximum atomic E-state index is 12.8. The fraction of sp³-hybridized carbons (Fsp3) is 0.379. The van der Waals surface area contributed by atoms with E-state index in [9.17, 15) is 14.7 Å². The zero-order valence-corrected chi connectivity index (χ0v) is 22.5. The third-order valence-electron chi connectivity index (χ3n) is 5.74. The number of unbranched alkanes of at least 4 members (excludes halogenated alkanes) is 3. The van der Waals surface area contributed by atoms with Crippen molar-refractivity contribution < 1.29 is 19.1 Å². The summed E-state index contributed by atoms with van der Waals surface area (Å²) in [5, 5.41) is 13.5. The molecule has 0 aliphatic heterocycles. The standard InChI is InChI=1S/C29H36N2O5S/c1-29(2,3)22-17-21(35-19-26(33)31-16-10-5-4-9-15-30)13-14-25(22)37-27-23(32)18-24(36-28(27)34)20-11-7-6-8-12-20/h6-8,11-14,17-18,32H,4-5,9-10,15-16,19,30H2,1-3H3,(H,31,33). The van der Waals surface area contributed by atoms with Crippen LogP contribution >= 0.6 is 11.8 Å². The van der Waals surface area contributed by atoms with Crippen LogP contribution in [0.3, 0.4) is 0 Å². The van der Waals surface area contributed by atoms with Crippen LogP contribution in [0.5, 0.6) is 11.5 Å². The Balaban J connectivity index is 1.70. The lowest BCUT2D eigenvalue weighted by Crippen LogP contribution is -2.29. The van der Waals surface area contributed by atoms with Gasteiger partial charge in [-0.15, -0.1) is 0 Å². The summed E-state index contributed by atoms with van der Waals surface area (Å²) in [4.78, 5) is 25.9. The molecule has 0 aliphatic carbocycles. The summed E-state index contributed by atoms with van der Waals surface area (Å²) in [7, 11) is 0. The predicted octanol–water partition coefficient (Wildman–Crippen LogP) is 5.48. The molecule has 8 heteroatoms. The molecule has 0 spiro atoms. The molecule has 0 aliphatic rings. The molecular weight excluding hydrogens is 488 g/mol. The summed E-state index contributed by atoms with van der Waals surface area (Å²) < 4.78 is 11.3. The average Bonchev–Trinajstić information content (AvgIpc) is 2.87. The molecule has 0 bridgehead atoms. The quantitative estimate of drug-likeness (QED) is 0.269. The Bertz CT molecular complexity index is 1240. The molecule has 37 heavy (non-hydrogen) atoms. The van der Waals surface area contributed by atoms with Crippen LogP contribution in [0.1, 0.15) is 52.0 Å². The number of amides is 1. The van der Waals surface area contributed by atoms with Crippen molar-refractivity contribution in [1.29, 1.82) is 0 Å². The highest BCUT2D eigenvalue weighted by molar-refractivity contribution is 7.99. The minimum absolute atomic E-state index is 0.0792. The Morgan fingerprint density at radius 3 is 2.46 bits per heavy atom. The predicted molar refractivity (Wildman–Crippen MR) is 147 cm³/mol. The lowest BCUT2D eigenvalue weighted by atomic mass is 9.87. The Hall–Kier alpha value is -3.23. The number of rotatable bonds is 12. The van der Waals surface area contributed by atoms with Gasteiger partial charge in [0, 0.05) is 23.1 Å². The van der Waals surface area contributed by atoms with Crippen molar-refractivity contribution >= 4 is 17.7 Å². The van der Waals surface area contributed by atoms with Gasteiger partial charge in [-0.1, -0.05) is 75.7 Å². The van der Waals surface area contributed by atoms with Gasteiger partial charge in [0.05, 0.1) is 0 Å². The lowest BCUT2D eigenvalue weighted by molar-refractivity contribution is -0.123. The van der Waals surface area contributed by atoms with Crippen LogP contribution in [0.25, 0.3) is 11.3 Å². The molecule has 0 unspecified atom stereocenters. The highest BCUT2D eigenvalue weighted by atomic mass is 32.2. The second-order valence-corrected chi connectivity index (χ2v) is 10.9. The number of hydrogen-bond acceptors (Lipinski definition) is 7. The molecule has 1 aromatic heterocycles. The van der Waals surface area contributed by atoms with Gasteiger partial charge >= 0.3 is 5.63 Å². The number of aromatic hydroxyl groups is 1. The van der Waals surface area contributed by atoms with Gasteiger partial charge in [-0.25, -0.2) is 4.79 Å². The number of benzene rings is 2. The van der Waals surface area contributed by atoms with E-state index in [0.717, 1.165) is 47.9 Å². The normalized spacial score (nSPS) is 11.4. The van der Waals surface area contributed by atoms with E-state index in [1.807, 2.05) is 63.2 Å². The fourth-order valence-electron chi connectivity index (χ4n) is 3.74. The summed E-state index contributed by atoms with van der Waals surface area (Å²) in [5.41, 5.74) is 6.23. The Morgan fingerprint density at radius 2 is 1.78 bits per heavy atom. The van der Waals surface area contributed by atoms with Gasteiger partial charge in [0.25, 0.3) is 5.91 Å². The highest BCUT2D eigenvalue weighted by Crippen LogP contribution is 2.40. The third-order valence-corrected chi connectivity index (χ3v) is 6.90. The first kappa shape index (κ1) is 28.3. The molecule has 3 aromatic rings.